The van der Waals surface area contributed by atoms with Gasteiger partial charge in [0.25, 0.3) is 0 Å². The third-order valence-electron chi connectivity index (χ3n) is 1.11. The number of allylic oxidation sites excluding steroid dienone is 1. The fraction of sp³-hybridized carbons (Fsp3) is 0.429. The van der Waals surface area contributed by atoms with Crippen LogP contribution in [-0.2, 0) is 19.1 Å². The van der Waals surface area contributed by atoms with Crippen molar-refractivity contribution in [2.75, 3.05) is 0 Å². The standard InChI is InChI=1S/C7H8O4/c1-7(2)10-5(3-4-8)6(9)11-7/h3-4H,1-2H3. The fourth-order valence-electron chi connectivity index (χ4n) is 0.765. The van der Waals surface area contributed by atoms with Gasteiger partial charge in [0, 0.05) is 19.9 Å². The van der Waals surface area contributed by atoms with Gasteiger partial charge in [0.05, 0.1) is 0 Å². The minimum Gasteiger partial charge on any atom is -0.445 e. The highest BCUT2D eigenvalue weighted by atomic mass is 16.8. The largest absolute Gasteiger partial charge is 0.445 e. The van der Waals surface area contributed by atoms with Gasteiger partial charge in [0.15, 0.2) is 0 Å². The smallest absolute Gasteiger partial charge is 0.377 e. The predicted octanol–water partition coefficient (Wildman–Crippen LogP) is 0.379. The van der Waals surface area contributed by atoms with Gasteiger partial charge in [-0.15, -0.1) is 0 Å². The number of ether oxygens (including phenoxy) is 2. The average molecular weight is 156 g/mol. The van der Waals surface area contributed by atoms with Crippen LogP contribution in [0.25, 0.3) is 0 Å². The summed E-state index contributed by atoms with van der Waals surface area (Å²) in [5.41, 5.74) is 0. The molecule has 0 aromatic rings. The molecule has 0 amide bonds. The van der Waals surface area contributed by atoms with E-state index in [1.165, 1.54) is 0 Å². The van der Waals surface area contributed by atoms with Crippen molar-refractivity contribution in [2.45, 2.75) is 19.6 Å². The maximum absolute atomic E-state index is 10.8. The van der Waals surface area contributed by atoms with Crippen LogP contribution < -0.4 is 0 Å². The molecule has 1 aliphatic rings. The van der Waals surface area contributed by atoms with E-state index in [4.69, 9.17) is 9.47 Å². The zero-order valence-corrected chi connectivity index (χ0v) is 6.29. The third-order valence-corrected chi connectivity index (χ3v) is 1.11. The maximum Gasteiger partial charge on any atom is 0.377 e. The minimum absolute atomic E-state index is 0.0370. The summed E-state index contributed by atoms with van der Waals surface area (Å²) in [5, 5.41) is 0. The molecule has 4 heteroatoms. The number of rotatable bonds is 1. The van der Waals surface area contributed by atoms with Crippen LogP contribution in [0.1, 0.15) is 13.8 Å². The fourth-order valence-corrected chi connectivity index (χ4v) is 0.765. The molecule has 0 atom stereocenters. The summed E-state index contributed by atoms with van der Waals surface area (Å²) < 4.78 is 9.69. The van der Waals surface area contributed by atoms with E-state index in [-0.39, 0.29) is 5.76 Å². The molecule has 0 bridgehead atoms. The molecule has 60 valence electrons. The molecule has 0 aromatic carbocycles. The summed E-state index contributed by atoms with van der Waals surface area (Å²) >= 11 is 0. The van der Waals surface area contributed by atoms with Crippen LogP contribution in [0.4, 0.5) is 0 Å². The van der Waals surface area contributed by atoms with Crippen molar-refractivity contribution in [1.29, 1.82) is 0 Å². The second kappa shape index (κ2) is 2.38. The van der Waals surface area contributed by atoms with Gasteiger partial charge in [-0.3, -0.25) is 4.79 Å². The van der Waals surface area contributed by atoms with E-state index in [0.717, 1.165) is 6.08 Å². The van der Waals surface area contributed by atoms with Gasteiger partial charge < -0.3 is 9.47 Å². The van der Waals surface area contributed by atoms with Crippen LogP contribution in [0.5, 0.6) is 0 Å². The summed E-state index contributed by atoms with van der Waals surface area (Å²) in [6.45, 7) is 3.19. The zero-order chi connectivity index (χ0) is 8.48. The number of hydrogen-bond acceptors (Lipinski definition) is 4. The van der Waals surface area contributed by atoms with Crippen molar-refractivity contribution in [3.8, 4) is 0 Å². The first-order valence-corrected chi connectivity index (χ1v) is 3.13. The molecule has 1 rings (SSSR count). The lowest BCUT2D eigenvalue weighted by Crippen LogP contribution is -2.19. The Morgan fingerprint density at radius 2 is 2.00 bits per heavy atom. The normalized spacial score (nSPS) is 24.5. The third kappa shape index (κ3) is 1.58. The predicted molar refractivity (Wildman–Crippen MR) is 35.4 cm³/mol. The molecule has 0 radical (unpaired) electrons. The number of carbonyl (C=O) groups is 2. The van der Waals surface area contributed by atoms with Crippen molar-refractivity contribution < 1.29 is 19.1 Å². The summed E-state index contributed by atoms with van der Waals surface area (Å²) in [4.78, 5) is 20.8. The topological polar surface area (TPSA) is 52.6 Å². The van der Waals surface area contributed by atoms with Crippen molar-refractivity contribution >= 4 is 12.3 Å². The highest BCUT2D eigenvalue weighted by molar-refractivity contribution is 5.92. The number of aldehydes is 1. The van der Waals surface area contributed by atoms with Gasteiger partial charge >= 0.3 is 5.97 Å². The van der Waals surface area contributed by atoms with E-state index >= 15 is 0 Å². The lowest BCUT2D eigenvalue weighted by molar-refractivity contribution is -0.159. The van der Waals surface area contributed by atoms with E-state index in [1.54, 1.807) is 13.8 Å². The van der Waals surface area contributed by atoms with Crippen LogP contribution in [0.15, 0.2) is 11.8 Å². The first-order chi connectivity index (χ1) is 5.05. The summed E-state index contributed by atoms with van der Waals surface area (Å²) in [6.07, 6.45) is 1.52. The molecular formula is C7H8O4. The monoisotopic (exact) mass is 156 g/mol. The maximum atomic E-state index is 10.8. The molecule has 1 fully saturated rings. The Morgan fingerprint density at radius 1 is 1.36 bits per heavy atom. The van der Waals surface area contributed by atoms with Crippen LogP contribution in [0.2, 0.25) is 0 Å². The Morgan fingerprint density at radius 3 is 2.36 bits per heavy atom. The Bertz CT molecular complexity index is 227. The van der Waals surface area contributed by atoms with Crippen LogP contribution >= 0.6 is 0 Å². The van der Waals surface area contributed by atoms with E-state index in [9.17, 15) is 9.59 Å². The second-order valence-electron chi connectivity index (χ2n) is 2.56. The summed E-state index contributed by atoms with van der Waals surface area (Å²) in [5.74, 6) is -1.57. The lowest BCUT2D eigenvalue weighted by atomic mass is 10.4. The quantitative estimate of drug-likeness (QED) is 0.313. The molecular weight excluding hydrogens is 148 g/mol. The van der Waals surface area contributed by atoms with Crippen LogP contribution in [0, 0.1) is 0 Å². The van der Waals surface area contributed by atoms with Gasteiger partial charge in [0.1, 0.15) is 6.29 Å². The molecule has 0 N–H and O–H groups in total. The van der Waals surface area contributed by atoms with E-state index in [2.05, 4.69) is 0 Å². The van der Waals surface area contributed by atoms with Crippen molar-refractivity contribution in [2.24, 2.45) is 0 Å². The first-order valence-electron chi connectivity index (χ1n) is 3.13. The molecule has 0 spiro atoms. The Hall–Kier alpha value is -1.32. The number of carbonyl (C=O) groups excluding carboxylic acids is 2. The van der Waals surface area contributed by atoms with Crippen molar-refractivity contribution in [3.63, 3.8) is 0 Å². The molecule has 11 heavy (non-hydrogen) atoms. The molecule has 0 aliphatic carbocycles. The number of cyclic esters (lactones) is 1. The van der Waals surface area contributed by atoms with Gasteiger partial charge in [0.2, 0.25) is 11.5 Å². The van der Waals surface area contributed by atoms with Gasteiger partial charge in [-0.05, 0) is 0 Å². The van der Waals surface area contributed by atoms with Gasteiger partial charge in [-0.2, -0.15) is 0 Å². The Balaban J connectivity index is 2.82. The van der Waals surface area contributed by atoms with E-state index < -0.39 is 11.8 Å². The second-order valence-corrected chi connectivity index (χ2v) is 2.56. The van der Waals surface area contributed by atoms with Gasteiger partial charge in [-0.1, -0.05) is 0 Å². The first kappa shape index (κ1) is 7.78. The molecule has 4 nitrogen and oxygen atoms in total. The molecule has 0 saturated carbocycles. The summed E-state index contributed by atoms with van der Waals surface area (Å²) in [7, 11) is 0. The zero-order valence-electron chi connectivity index (χ0n) is 6.29. The highest BCUT2D eigenvalue weighted by Crippen LogP contribution is 2.25. The molecule has 0 aromatic heterocycles. The SMILES string of the molecule is CC1(C)OC(=O)C(=CC=O)O1. The van der Waals surface area contributed by atoms with Gasteiger partial charge in [-0.25, -0.2) is 4.79 Å². The molecule has 1 saturated heterocycles. The Labute approximate surface area is 63.8 Å². The van der Waals surface area contributed by atoms with E-state index in [1.807, 2.05) is 0 Å². The summed E-state index contributed by atoms with van der Waals surface area (Å²) in [6, 6.07) is 0. The Kier molecular flexibility index (Phi) is 1.68. The molecule has 1 aliphatic heterocycles. The molecule has 1 heterocycles. The lowest BCUT2D eigenvalue weighted by Gasteiger charge is -2.13. The number of hydrogen-bond donors (Lipinski definition) is 0. The minimum atomic E-state index is -0.939. The highest BCUT2D eigenvalue weighted by Gasteiger charge is 2.36. The van der Waals surface area contributed by atoms with E-state index in [0.29, 0.717) is 6.29 Å². The van der Waals surface area contributed by atoms with Crippen molar-refractivity contribution in [1.82, 2.24) is 0 Å². The van der Waals surface area contributed by atoms with Crippen LogP contribution in [-0.4, -0.2) is 18.0 Å². The van der Waals surface area contributed by atoms with Crippen LogP contribution in [0.3, 0.4) is 0 Å². The van der Waals surface area contributed by atoms with Crippen molar-refractivity contribution in [3.05, 3.63) is 11.8 Å². The average Bonchev–Trinajstić information content (AvgIpc) is 2.07. The molecule has 0 unspecified atom stereocenters. The number of esters is 1.